The van der Waals surface area contributed by atoms with Gasteiger partial charge in [0.1, 0.15) is 0 Å². The van der Waals surface area contributed by atoms with Crippen LogP contribution < -0.4 is 9.79 Å². The molecule has 8 heavy (non-hydrogen) atoms. The van der Waals surface area contributed by atoms with Crippen LogP contribution in [0.5, 0.6) is 0 Å². The second-order valence-electron chi connectivity index (χ2n) is 0.969. The summed E-state index contributed by atoms with van der Waals surface area (Å²) in [5, 5.41) is 0. The molecule has 0 unspecified atom stereocenters. The third-order valence-corrected chi connectivity index (χ3v) is 0. The number of hydrogen-bond donors (Lipinski definition) is 1. The van der Waals surface area contributed by atoms with Crippen LogP contribution in [0.3, 0.4) is 0 Å². The van der Waals surface area contributed by atoms with Crippen molar-refractivity contribution in [2.75, 3.05) is 0 Å². The standard InChI is InChI=1S/C2H5.Hg.H3O4P/c1-2;;1-5(2,3)4/h1H2,2H3;;(H3,1,2,3,4)/q;+2;/p-2. The van der Waals surface area contributed by atoms with E-state index in [9.17, 15) is 0 Å². The molecule has 0 saturated heterocycles. The number of hydrogen-bond acceptors (Lipinski definition) is 3. The molecule has 0 atom stereocenters. The zero-order chi connectivity index (χ0) is 7.21. The van der Waals surface area contributed by atoms with E-state index in [1.807, 2.05) is 0 Å². The molecule has 4 nitrogen and oxygen atoms in total. The average Bonchev–Trinajstić information content (AvgIpc) is 1.27. The molecule has 0 saturated carbocycles. The Kier molecular flexibility index (Phi) is 9.10. The SMILES string of the molecule is C[CH2][Hg+2].O=P([O-])([O-])O. The smallest absolute Gasteiger partial charge is 0.0557 e. The van der Waals surface area contributed by atoms with Gasteiger partial charge in [-0.3, -0.25) is 0 Å². The maximum Gasteiger partial charge on any atom is 0.0557 e. The second-order valence-corrected chi connectivity index (χ2v) is 5.79. The van der Waals surface area contributed by atoms with E-state index in [1.165, 1.54) is 3.93 Å². The molecule has 0 rings (SSSR count). The van der Waals surface area contributed by atoms with Crippen molar-refractivity contribution in [1.29, 1.82) is 0 Å². The van der Waals surface area contributed by atoms with E-state index in [2.05, 4.69) is 6.92 Å². The normalized spacial score (nSPS) is 9.75. The van der Waals surface area contributed by atoms with Crippen molar-refractivity contribution >= 4 is 7.82 Å². The van der Waals surface area contributed by atoms with Crippen LogP contribution in [0.2, 0.25) is 3.93 Å². The molecule has 0 fully saturated rings. The predicted molar refractivity (Wildman–Crippen MR) is 20.3 cm³/mol. The molecular formula is C2H6HgO4P. The molecule has 0 aromatic rings. The van der Waals surface area contributed by atoms with Crippen LogP contribution in [0.4, 0.5) is 0 Å². The summed E-state index contributed by atoms with van der Waals surface area (Å²) in [4.78, 5) is 24.3. The Labute approximate surface area is 64.1 Å². The van der Waals surface area contributed by atoms with Crippen LogP contribution in [0.25, 0.3) is 0 Å². The van der Waals surface area contributed by atoms with Gasteiger partial charge in [0.25, 0.3) is 0 Å². The van der Waals surface area contributed by atoms with Gasteiger partial charge in [0.2, 0.25) is 0 Å². The monoisotopic (exact) mass is 327 g/mol. The first-order valence-electron chi connectivity index (χ1n) is 1.95. The van der Waals surface area contributed by atoms with Crippen LogP contribution in [0.15, 0.2) is 0 Å². The molecule has 0 aliphatic heterocycles. The van der Waals surface area contributed by atoms with Crippen molar-refractivity contribution in [1.82, 2.24) is 0 Å². The van der Waals surface area contributed by atoms with E-state index in [4.69, 9.17) is 19.2 Å². The Bertz CT molecular complexity index is 69.8. The van der Waals surface area contributed by atoms with Gasteiger partial charge in [0.05, 0.1) is 7.82 Å². The Morgan fingerprint density at radius 3 is 1.75 bits per heavy atom. The maximum absolute atomic E-state index is 8.66. The molecule has 0 aromatic heterocycles. The minimum absolute atomic E-state index is 1.07. The van der Waals surface area contributed by atoms with Crippen LogP contribution in [0.1, 0.15) is 6.92 Å². The molecule has 0 amide bonds. The molecule has 45 valence electrons. The summed E-state index contributed by atoms with van der Waals surface area (Å²) < 4.78 is 10.1. The fourth-order valence-corrected chi connectivity index (χ4v) is 0. The van der Waals surface area contributed by atoms with E-state index in [0.717, 1.165) is 26.1 Å². The third kappa shape index (κ3) is 236. The molecule has 0 heterocycles. The fraction of sp³-hybridized carbons (Fsp3) is 1.00. The van der Waals surface area contributed by atoms with Gasteiger partial charge in [-0.05, 0) is 0 Å². The quantitative estimate of drug-likeness (QED) is 0.447. The van der Waals surface area contributed by atoms with Crippen molar-refractivity contribution in [2.45, 2.75) is 10.9 Å². The van der Waals surface area contributed by atoms with Gasteiger partial charge < -0.3 is 19.2 Å². The van der Waals surface area contributed by atoms with Gasteiger partial charge in [0, 0.05) is 0 Å². The van der Waals surface area contributed by atoms with E-state index in [-0.39, 0.29) is 0 Å². The largest absolute Gasteiger partial charge is 0.790 e. The minimum atomic E-state index is -5.14. The van der Waals surface area contributed by atoms with Gasteiger partial charge in [-0.15, -0.1) is 0 Å². The van der Waals surface area contributed by atoms with Crippen molar-refractivity contribution in [3.63, 3.8) is 0 Å². The van der Waals surface area contributed by atoms with Crippen LogP contribution in [-0.2, 0) is 30.7 Å². The summed E-state index contributed by atoms with van der Waals surface area (Å²) in [7, 11) is -5.14. The van der Waals surface area contributed by atoms with E-state index in [0.29, 0.717) is 0 Å². The molecule has 6 heteroatoms. The van der Waals surface area contributed by atoms with Gasteiger partial charge in [-0.25, -0.2) is 0 Å². The molecule has 0 bridgehead atoms. The summed E-state index contributed by atoms with van der Waals surface area (Å²) in [6, 6.07) is 0. The molecule has 0 radical (unpaired) electrons. The van der Waals surface area contributed by atoms with Gasteiger partial charge in [-0.2, -0.15) is 0 Å². The van der Waals surface area contributed by atoms with E-state index < -0.39 is 7.82 Å². The fourth-order valence-electron chi connectivity index (χ4n) is 0. The molecule has 1 N–H and O–H groups in total. The van der Waals surface area contributed by atoms with E-state index >= 15 is 0 Å². The van der Waals surface area contributed by atoms with Gasteiger partial charge in [0.15, 0.2) is 0 Å². The maximum atomic E-state index is 8.66. The van der Waals surface area contributed by atoms with Crippen molar-refractivity contribution in [3.8, 4) is 0 Å². The summed E-state index contributed by atoms with van der Waals surface area (Å²) in [5.74, 6) is 0. The molecular weight excluding hydrogens is 320 g/mol. The second kappa shape index (κ2) is 6.17. The van der Waals surface area contributed by atoms with E-state index in [1.54, 1.807) is 0 Å². The van der Waals surface area contributed by atoms with Crippen molar-refractivity contribution < 1.29 is 45.4 Å². The van der Waals surface area contributed by atoms with Crippen LogP contribution >= 0.6 is 7.82 Å². The first-order chi connectivity index (χ1) is 3.41. The Hall–Kier alpha value is 1.05. The van der Waals surface area contributed by atoms with Crippen molar-refractivity contribution in [3.05, 3.63) is 0 Å². The Morgan fingerprint density at radius 2 is 1.75 bits per heavy atom. The zero-order valence-corrected chi connectivity index (χ0v) is 10.9. The molecule has 0 aliphatic carbocycles. The number of phosphoric acid groups is 1. The summed E-state index contributed by atoms with van der Waals surface area (Å²) in [6.45, 7) is 2.21. The summed E-state index contributed by atoms with van der Waals surface area (Å²) >= 11 is 1.07. The molecule has 0 aromatic carbocycles. The predicted octanol–water partition coefficient (Wildman–Crippen LogP) is -1.22. The zero-order valence-electron chi connectivity index (χ0n) is 4.53. The number of rotatable bonds is 0. The van der Waals surface area contributed by atoms with Crippen LogP contribution in [0, 0.1) is 0 Å². The Balaban J connectivity index is 0. The van der Waals surface area contributed by atoms with Gasteiger partial charge in [-0.1, -0.05) is 0 Å². The summed E-state index contributed by atoms with van der Waals surface area (Å²) in [6.07, 6.45) is 0. The topological polar surface area (TPSA) is 83.4 Å². The minimum Gasteiger partial charge on any atom is -0.790 e. The molecule has 0 spiro atoms. The Morgan fingerprint density at radius 1 is 1.75 bits per heavy atom. The summed E-state index contributed by atoms with van der Waals surface area (Å²) in [5.41, 5.74) is 0. The third-order valence-electron chi connectivity index (χ3n) is 0. The van der Waals surface area contributed by atoms with Gasteiger partial charge >= 0.3 is 37.0 Å². The first kappa shape index (κ1) is 11.8. The van der Waals surface area contributed by atoms with Crippen LogP contribution in [-0.4, -0.2) is 4.89 Å². The average molecular weight is 326 g/mol. The molecule has 0 aliphatic rings. The first-order valence-corrected chi connectivity index (χ1v) is 7.34. The van der Waals surface area contributed by atoms with Crippen molar-refractivity contribution in [2.24, 2.45) is 0 Å².